The summed E-state index contributed by atoms with van der Waals surface area (Å²) >= 11 is 0. The van der Waals surface area contributed by atoms with E-state index in [0.717, 1.165) is 31.2 Å². The van der Waals surface area contributed by atoms with E-state index in [1.165, 1.54) is 29.4 Å². The van der Waals surface area contributed by atoms with Crippen molar-refractivity contribution >= 4 is 21.0 Å². The first-order valence-corrected chi connectivity index (χ1v) is 12.8. The summed E-state index contributed by atoms with van der Waals surface area (Å²) in [6.07, 6.45) is 6.93. The van der Waals surface area contributed by atoms with Crippen molar-refractivity contribution in [2.45, 2.75) is 62.3 Å². The summed E-state index contributed by atoms with van der Waals surface area (Å²) < 4.78 is 32.5. The summed E-state index contributed by atoms with van der Waals surface area (Å²) in [5.41, 5.74) is 3.96. The average Bonchev–Trinajstić information content (AvgIpc) is 3.47. The summed E-state index contributed by atoms with van der Waals surface area (Å²) in [6, 6.07) is 15.9. The molecular formula is C25H28N2O3S. The molecule has 0 aliphatic heterocycles. The molecule has 3 aromatic rings. The van der Waals surface area contributed by atoms with Gasteiger partial charge in [-0.15, -0.1) is 0 Å². The molecule has 0 atom stereocenters. The van der Waals surface area contributed by atoms with E-state index >= 15 is 0 Å². The molecule has 0 saturated heterocycles. The van der Waals surface area contributed by atoms with Gasteiger partial charge in [-0.3, -0.25) is 8.86 Å². The van der Waals surface area contributed by atoms with Crippen LogP contribution in [0.4, 0.5) is 0 Å². The van der Waals surface area contributed by atoms with Gasteiger partial charge in [-0.2, -0.15) is 13.5 Å². The third kappa shape index (κ3) is 3.40. The second-order valence-corrected chi connectivity index (χ2v) is 11.6. The molecular weight excluding hydrogens is 408 g/mol. The van der Waals surface area contributed by atoms with Crippen LogP contribution in [-0.4, -0.2) is 24.8 Å². The molecule has 3 aliphatic carbocycles. The van der Waals surface area contributed by atoms with Crippen LogP contribution in [0.5, 0.6) is 0 Å². The van der Waals surface area contributed by atoms with Crippen molar-refractivity contribution in [2.75, 3.05) is 6.61 Å². The maximum absolute atomic E-state index is 12.4. The Hall–Kier alpha value is -2.18. The molecule has 0 radical (unpaired) electrons. The molecule has 0 N–H and O–H groups in total. The van der Waals surface area contributed by atoms with Crippen LogP contribution in [0.3, 0.4) is 0 Å². The Kier molecular flexibility index (Phi) is 4.35. The summed E-state index contributed by atoms with van der Waals surface area (Å²) in [5, 5.41) is 6.36. The van der Waals surface area contributed by atoms with Crippen LogP contribution in [0, 0.1) is 18.3 Å². The minimum absolute atomic E-state index is 0.243. The van der Waals surface area contributed by atoms with E-state index in [0.29, 0.717) is 29.9 Å². The molecule has 1 heterocycles. The number of aryl methyl sites for hydroxylation is 1. The van der Waals surface area contributed by atoms with E-state index in [1.807, 2.05) is 6.92 Å². The van der Waals surface area contributed by atoms with Crippen LogP contribution in [0.1, 0.15) is 61.7 Å². The lowest BCUT2D eigenvalue weighted by atomic mass is 9.50. The molecule has 3 aliphatic rings. The molecule has 2 aromatic carbocycles. The summed E-state index contributed by atoms with van der Waals surface area (Å²) in [6.45, 7) is 2.23. The van der Waals surface area contributed by atoms with Crippen molar-refractivity contribution in [2.24, 2.45) is 11.3 Å². The first kappa shape index (κ1) is 19.5. The number of rotatable bonds is 6. The Bertz CT molecular complexity index is 1230. The predicted octanol–water partition coefficient (Wildman–Crippen LogP) is 5.36. The largest absolute Gasteiger partial charge is 0.296 e. The quantitative estimate of drug-likeness (QED) is 0.488. The van der Waals surface area contributed by atoms with Crippen molar-refractivity contribution in [1.82, 2.24) is 9.78 Å². The van der Waals surface area contributed by atoms with Gasteiger partial charge in [0.1, 0.15) is 0 Å². The summed E-state index contributed by atoms with van der Waals surface area (Å²) in [5.74, 6) is 0.985. The number of benzene rings is 2. The highest BCUT2D eigenvalue weighted by atomic mass is 32.2. The smallest absolute Gasteiger partial charge is 0.266 e. The molecule has 6 rings (SSSR count). The van der Waals surface area contributed by atoms with E-state index in [4.69, 9.17) is 9.28 Å². The molecule has 162 valence electrons. The highest BCUT2D eigenvalue weighted by molar-refractivity contribution is 7.86. The molecule has 1 spiro atoms. The lowest BCUT2D eigenvalue weighted by Crippen LogP contribution is -2.49. The maximum Gasteiger partial charge on any atom is 0.296 e. The van der Waals surface area contributed by atoms with Crippen LogP contribution in [0.15, 0.2) is 53.4 Å². The third-order valence-corrected chi connectivity index (χ3v) is 8.80. The second-order valence-electron chi connectivity index (χ2n) is 10.0. The Morgan fingerprint density at radius 1 is 1.03 bits per heavy atom. The first-order valence-electron chi connectivity index (χ1n) is 11.4. The molecule has 6 heteroatoms. The normalized spacial score (nSPS) is 27.9. The van der Waals surface area contributed by atoms with Gasteiger partial charge in [0.2, 0.25) is 0 Å². The van der Waals surface area contributed by atoms with Crippen molar-refractivity contribution < 1.29 is 12.6 Å². The second kappa shape index (κ2) is 6.91. The summed E-state index contributed by atoms with van der Waals surface area (Å²) in [4.78, 5) is 0.243. The van der Waals surface area contributed by atoms with Crippen molar-refractivity contribution in [3.8, 4) is 0 Å². The molecule has 0 amide bonds. The van der Waals surface area contributed by atoms with Gasteiger partial charge in [0.05, 0.1) is 28.8 Å². The highest BCUT2D eigenvalue weighted by Crippen LogP contribution is 2.63. The number of aromatic nitrogens is 2. The monoisotopic (exact) mass is 436 g/mol. The highest BCUT2D eigenvalue weighted by Gasteiger charge is 2.54. The van der Waals surface area contributed by atoms with Crippen LogP contribution in [-0.2, 0) is 14.3 Å². The molecule has 0 unspecified atom stereocenters. The standard InChI is InChI=1S/C25H28N2O3S/c1-17-6-10-21(11-7-17)31(28,29)30-16-18-12-25(13-18)14-20(15-25)27-23-5-3-2-4-22(23)24(26-27)19-8-9-19/h2-7,10-11,18-20H,8-9,12-16H2,1H3. The third-order valence-electron chi connectivity index (χ3n) is 7.50. The van der Waals surface area contributed by atoms with Crippen LogP contribution >= 0.6 is 0 Å². The van der Waals surface area contributed by atoms with Gasteiger partial charge >= 0.3 is 0 Å². The fraction of sp³-hybridized carbons (Fsp3) is 0.480. The van der Waals surface area contributed by atoms with E-state index in [-0.39, 0.29) is 4.90 Å². The molecule has 5 nitrogen and oxygen atoms in total. The van der Waals surface area contributed by atoms with Gasteiger partial charge in [-0.1, -0.05) is 35.9 Å². The van der Waals surface area contributed by atoms with Crippen molar-refractivity contribution in [3.63, 3.8) is 0 Å². The lowest BCUT2D eigenvalue weighted by molar-refractivity contribution is -0.0754. The summed E-state index contributed by atoms with van der Waals surface area (Å²) in [7, 11) is -3.67. The number of hydrogen-bond donors (Lipinski definition) is 0. The fourth-order valence-corrected chi connectivity index (χ4v) is 6.72. The van der Waals surface area contributed by atoms with Crippen molar-refractivity contribution in [3.05, 3.63) is 59.8 Å². The van der Waals surface area contributed by atoms with Crippen molar-refractivity contribution in [1.29, 1.82) is 0 Å². The zero-order valence-electron chi connectivity index (χ0n) is 17.8. The predicted molar refractivity (Wildman–Crippen MR) is 119 cm³/mol. The fourth-order valence-electron chi connectivity index (χ4n) is 5.74. The molecule has 1 aromatic heterocycles. The van der Waals surface area contributed by atoms with Gasteiger partial charge < -0.3 is 0 Å². The molecule has 0 bridgehead atoms. The molecule has 31 heavy (non-hydrogen) atoms. The Morgan fingerprint density at radius 3 is 2.45 bits per heavy atom. The van der Waals surface area contributed by atoms with Gasteiger partial charge in [0, 0.05) is 11.3 Å². The van der Waals surface area contributed by atoms with Crippen LogP contribution in [0.2, 0.25) is 0 Å². The zero-order chi connectivity index (χ0) is 21.2. The van der Waals surface area contributed by atoms with E-state index in [2.05, 4.69) is 28.9 Å². The minimum atomic E-state index is -3.67. The Balaban J connectivity index is 1.07. The zero-order valence-corrected chi connectivity index (χ0v) is 18.6. The SMILES string of the molecule is Cc1ccc(S(=O)(=O)OCC2CC3(C2)CC(n2nc(C4CC4)c4ccccc42)C3)cc1. The lowest BCUT2D eigenvalue weighted by Gasteiger charge is -2.57. The Labute approximate surface area is 183 Å². The topological polar surface area (TPSA) is 61.2 Å². The Morgan fingerprint density at radius 2 is 1.74 bits per heavy atom. The van der Waals surface area contributed by atoms with Crippen LogP contribution in [0.25, 0.3) is 10.9 Å². The number of para-hydroxylation sites is 1. The van der Waals surface area contributed by atoms with Gasteiger partial charge in [-0.25, -0.2) is 0 Å². The maximum atomic E-state index is 12.4. The van der Waals surface area contributed by atoms with Gasteiger partial charge in [-0.05, 0) is 75.0 Å². The van der Waals surface area contributed by atoms with Gasteiger partial charge in [0.15, 0.2) is 0 Å². The van der Waals surface area contributed by atoms with E-state index in [9.17, 15) is 8.42 Å². The van der Waals surface area contributed by atoms with Crippen LogP contribution < -0.4 is 0 Å². The molecule has 3 fully saturated rings. The molecule has 3 saturated carbocycles. The van der Waals surface area contributed by atoms with E-state index < -0.39 is 10.1 Å². The van der Waals surface area contributed by atoms with E-state index in [1.54, 1.807) is 24.3 Å². The van der Waals surface area contributed by atoms with Gasteiger partial charge in [0.25, 0.3) is 10.1 Å². The average molecular weight is 437 g/mol. The number of hydrogen-bond acceptors (Lipinski definition) is 4. The minimum Gasteiger partial charge on any atom is -0.266 e. The number of fused-ring (bicyclic) bond motifs is 1. The first-order chi connectivity index (χ1) is 14.9. The number of nitrogens with zero attached hydrogens (tertiary/aromatic N) is 2.